The zero-order valence-electron chi connectivity index (χ0n) is 9.73. The van der Waals surface area contributed by atoms with Crippen LogP contribution in [0.3, 0.4) is 0 Å². The van der Waals surface area contributed by atoms with Crippen LogP contribution in [0.15, 0.2) is 43.0 Å². The van der Waals surface area contributed by atoms with Crippen LogP contribution in [-0.4, -0.2) is 11.9 Å². The first-order valence-electron chi connectivity index (χ1n) is 5.26. The maximum atomic E-state index is 12.0. The summed E-state index contributed by atoms with van der Waals surface area (Å²) in [5, 5.41) is 2.79. The fourth-order valence-corrected chi connectivity index (χ4v) is 1.33. The third-order valence-corrected chi connectivity index (χ3v) is 2.56. The minimum Gasteiger partial charge on any atom is -0.348 e. The molecule has 0 saturated carbocycles. The Hall–Kier alpha value is -1.61. The molecule has 0 fully saturated rings. The molecule has 86 valence electrons. The number of amides is 1. The lowest BCUT2D eigenvalue weighted by molar-refractivity contribution is -0.126. The molecule has 2 atom stereocenters. The maximum Gasteiger partial charge on any atom is 0.244 e. The van der Waals surface area contributed by atoms with E-state index < -0.39 is 5.54 Å². The highest BCUT2D eigenvalue weighted by molar-refractivity contribution is 5.87. The number of benzene rings is 1. The largest absolute Gasteiger partial charge is 0.348 e. The van der Waals surface area contributed by atoms with Gasteiger partial charge in [0.2, 0.25) is 5.91 Å². The Morgan fingerprint density at radius 3 is 2.56 bits per heavy atom. The van der Waals surface area contributed by atoms with E-state index in [0.29, 0.717) is 0 Å². The fourth-order valence-electron chi connectivity index (χ4n) is 1.33. The molecule has 0 spiro atoms. The molecule has 1 amide bonds. The second kappa shape index (κ2) is 4.94. The van der Waals surface area contributed by atoms with Crippen LogP contribution in [0.25, 0.3) is 0 Å². The van der Waals surface area contributed by atoms with Crippen LogP contribution >= 0.6 is 0 Å². The summed E-state index contributed by atoms with van der Waals surface area (Å²) in [4.78, 5) is 12.0. The number of rotatable bonds is 4. The summed E-state index contributed by atoms with van der Waals surface area (Å²) < 4.78 is 0. The molecule has 0 heterocycles. The Balaban J connectivity index is 2.85. The minimum atomic E-state index is -1.02. The van der Waals surface area contributed by atoms with Crippen LogP contribution in [0, 0.1) is 0 Å². The van der Waals surface area contributed by atoms with E-state index in [2.05, 4.69) is 11.9 Å². The molecule has 3 nitrogen and oxygen atoms in total. The number of carbonyl (C=O) groups is 1. The summed E-state index contributed by atoms with van der Waals surface area (Å²) in [6.07, 6.45) is 1.67. The first kappa shape index (κ1) is 12.5. The van der Waals surface area contributed by atoms with E-state index in [4.69, 9.17) is 5.73 Å². The van der Waals surface area contributed by atoms with Gasteiger partial charge in [-0.3, -0.25) is 4.79 Å². The van der Waals surface area contributed by atoms with Gasteiger partial charge in [-0.15, -0.1) is 6.58 Å². The third kappa shape index (κ3) is 2.70. The molecule has 1 aromatic rings. The van der Waals surface area contributed by atoms with Gasteiger partial charge in [-0.05, 0) is 19.4 Å². The molecule has 0 aromatic heterocycles. The Bertz CT molecular complexity index is 371. The fraction of sp³-hybridized carbons (Fsp3) is 0.308. The van der Waals surface area contributed by atoms with Crippen molar-refractivity contribution >= 4 is 5.91 Å². The van der Waals surface area contributed by atoms with Crippen molar-refractivity contribution in [1.82, 2.24) is 5.32 Å². The molecule has 0 aliphatic heterocycles. The summed E-state index contributed by atoms with van der Waals surface area (Å²) in [6.45, 7) is 7.17. The molecule has 2 unspecified atom stereocenters. The summed E-state index contributed by atoms with van der Waals surface area (Å²) in [7, 11) is 0. The van der Waals surface area contributed by atoms with Crippen molar-refractivity contribution in [2.24, 2.45) is 5.73 Å². The van der Waals surface area contributed by atoms with Gasteiger partial charge in [0.25, 0.3) is 0 Å². The van der Waals surface area contributed by atoms with Gasteiger partial charge in [-0.2, -0.15) is 0 Å². The first-order valence-corrected chi connectivity index (χ1v) is 5.26. The molecule has 0 radical (unpaired) electrons. The molecule has 3 heteroatoms. The zero-order valence-corrected chi connectivity index (χ0v) is 9.73. The Morgan fingerprint density at radius 2 is 2.06 bits per heavy atom. The SMILES string of the molecule is C=CC(C)NC(=O)C(C)(N)c1ccccc1. The molecule has 0 aliphatic rings. The second-order valence-corrected chi connectivity index (χ2v) is 4.07. The van der Waals surface area contributed by atoms with Gasteiger partial charge in [-0.1, -0.05) is 36.4 Å². The van der Waals surface area contributed by atoms with Crippen LogP contribution < -0.4 is 11.1 Å². The quantitative estimate of drug-likeness (QED) is 0.753. The normalized spacial score (nSPS) is 15.9. The minimum absolute atomic E-state index is 0.0842. The molecule has 1 aromatic carbocycles. The predicted octanol–water partition coefficient (Wildman–Crippen LogP) is 1.55. The Kier molecular flexibility index (Phi) is 3.85. The van der Waals surface area contributed by atoms with Crippen LogP contribution in [-0.2, 0) is 10.3 Å². The highest BCUT2D eigenvalue weighted by Gasteiger charge is 2.30. The maximum absolute atomic E-state index is 12.0. The van der Waals surface area contributed by atoms with E-state index in [1.807, 2.05) is 37.3 Å². The second-order valence-electron chi connectivity index (χ2n) is 4.07. The topological polar surface area (TPSA) is 55.1 Å². The highest BCUT2D eigenvalue weighted by Crippen LogP contribution is 2.17. The molecule has 16 heavy (non-hydrogen) atoms. The summed E-state index contributed by atoms with van der Waals surface area (Å²) in [5.74, 6) is -0.203. The standard InChI is InChI=1S/C13H18N2O/c1-4-10(2)15-12(16)13(3,14)11-8-6-5-7-9-11/h4-10H,1,14H2,2-3H3,(H,15,16). The van der Waals surface area contributed by atoms with E-state index in [9.17, 15) is 4.79 Å². The monoisotopic (exact) mass is 218 g/mol. The number of nitrogens with two attached hydrogens (primary N) is 1. The first-order chi connectivity index (χ1) is 7.48. The lowest BCUT2D eigenvalue weighted by Crippen LogP contribution is -2.51. The van der Waals surface area contributed by atoms with Crippen molar-refractivity contribution in [1.29, 1.82) is 0 Å². The highest BCUT2D eigenvalue weighted by atomic mass is 16.2. The summed E-state index contributed by atoms with van der Waals surface area (Å²) in [5.41, 5.74) is 5.82. The van der Waals surface area contributed by atoms with E-state index in [-0.39, 0.29) is 11.9 Å². The van der Waals surface area contributed by atoms with Crippen molar-refractivity contribution in [2.75, 3.05) is 0 Å². The number of hydrogen-bond acceptors (Lipinski definition) is 2. The van der Waals surface area contributed by atoms with Crippen molar-refractivity contribution in [3.63, 3.8) is 0 Å². The van der Waals surface area contributed by atoms with Crippen molar-refractivity contribution < 1.29 is 4.79 Å². The molecule has 0 saturated heterocycles. The van der Waals surface area contributed by atoms with Crippen LogP contribution in [0.4, 0.5) is 0 Å². The van der Waals surface area contributed by atoms with Crippen LogP contribution in [0.5, 0.6) is 0 Å². The Labute approximate surface area is 96.3 Å². The predicted molar refractivity (Wildman–Crippen MR) is 65.8 cm³/mol. The molecule has 0 aliphatic carbocycles. The van der Waals surface area contributed by atoms with E-state index in [0.717, 1.165) is 5.56 Å². The average molecular weight is 218 g/mol. The van der Waals surface area contributed by atoms with Crippen molar-refractivity contribution in [3.05, 3.63) is 48.6 Å². The summed E-state index contributed by atoms with van der Waals surface area (Å²) >= 11 is 0. The van der Waals surface area contributed by atoms with Crippen molar-refractivity contribution in [3.8, 4) is 0 Å². The van der Waals surface area contributed by atoms with Gasteiger partial charge in [0, 0.05) is 6.04 Å². The number of hydrogen-bond donors (Lipinski definition) is 2. The lowest BCUT2D eigenvalue weighted by Gasteiger charge is -2.25. The van der Waals surface area contributed by atoms with Gasteiger partial charge >= 0.3 is 0 Å². The lowest BCUT2D eigenvalue weighted by atomic mass is 9.92. The Morgan fingerprint density at radius 1 is 1.50 bits per heavy atom. The van der Waals surface area contributed by atoms with Crippen LogP contribution in [0.1, 0.15) is 19.4 Å². The zero-order chi connectivity index (χ0) is 12.2. The number of carbonyl (C=O) groups excluding carboxylic acids is 1. The molecule has 1 rings (SSSR count). The average Bonchev–Trinajstić information content (AvgIpc) is 2.29. The molecule has 0 bridgehead atoms. The van der Waals surface area contributed by atoms with Gasteiger partial charge in [0.05, 0.1) is 0 Å². The van der Waals surface area contributed by atoms with E-state index in [1.54, 1.807) is 13.0 Å². The van der Waals surface area contributed by atoms with Crippen LogP contribution in [0.2, 0.25) is 0 Å². The smallest absolute Gasteiger partial charge is 0.244 e. The molecule has 3 N–H and O–H groups in total. The van der Waals surface area contributed by atoms with Gasteiger partial charge in [0.1, 0.15) is 5.54 Å². The molecular formula is C13H18N2O. The van der Waals surface area contributed by atoms with Gasteiger partial charge in [-0.25, -0.2) is 0 Å². The van der Waals surface area contributed by atoms with E-state index >= 15 is 0 Å². The van der Waals surface area contributed by atoms with Gasteiger partial charge < -0.3 is 11.1 Å². The van der Waals surface area contributed by atoms with E-state index in [1.165, 1.54) is 0 Å². The van der Waals surface area contributed by atoms with Crippen molar-refractivity contribution in [2.45, 2.75) is 25.4 Å². The molecular weight excluding hydrogens is 200 g/mol. The van der Waals surface area contributed by atoms with Gasteiger partial charge in [0.15, 0.2) is 0 Å². The number of nitrogens with one attached hydrogen (secondary N) is 1. The summed E-state index contributed by atoms with van der Waals surface area (Å²) in [6, 6.07) is 9.23. The third-order valence-electron chi connectivity index (χ3n) is 2.56.